The van der Waals surface area contributed by atoms with Crippen molar-refractivity contribution in [1.82, 2.24) is 4.98 Å². The molecule has 2 aromatic carbocycles. The molecule has 1 aromatic heterocycles. The number of pyridine rings is 1. The van der Waals surface area contributed by atoms with Gasteiger partial charge in [0.15, 0.2) is 0 Å². The summed E-state index contributed by atoms with van der Waals surface area (Å²) < 4.78 is 5.11. The van der Waals surface area contributed by atoms with E-state index in [4.69, 9.17) is 4.74 Å². The molecule has 0 spiro atoms. The van der Waals surface area contributed by atoms with Crippen LogP contribution < -0.4 is 5.56 Å². The lowest BCUT2D eigenvalue weighted by Gasteiger charge is -2.13. The third-order valence-electron chi connectivity index (χ3n) is 3.65. The van der Waals surface area contributed by atoms with Crippen LogP contribution in [0.3, 0.4) is 0 Å². The van der Waals surface area contributed by atoms with Crippen molar-refractivity contribution in [3.63, 3.8) is 0 Å². The van der Waals surface area contributed by atoms with Crippen LogP contribution in [0.15, 0.2) is 35.1 Å². The molecular weight excluding hydrogens is 282 g/mol. The molecule has 0 amide bonds. The van der Waals surface area contributed by atoms with Gasteiger partial charge in [-0.1, -0.05) is 18.2 Å². The molecule has 0 unspecified atom stereocenters. The largest absolute Gasteiger partial charge is 0.507 e. The minimum Gasteiger partial charge on any atom is -0.507 e. The molecule has 0 aliphatic carbocycles. The summed E-state index contributed by atoms with van der Waals surface area (Å²) in [4.78, 5) is 27.3. The zero-order valence-electron chi connectivity index (χ0n) is 12.3. The molecule has 112 valence electrons. The Bertz CT molecular complexity index is 956. The first-order chi connectivity index (χ1) is 10.5. The number of phenolic OH excluding ortho intramolecular Hbond substituents is 1. The molecule has 22 heavy (non-hydrogen) atoms. The number of phenols is 1. The van der Waals surface area contributed by atoms with Crippen LogP contribution in [0.2, 0.25) is 0 Å². The number of benzene rings is 2. The Morgan fingerprint density at radius 3 is 2.73 bits per heavy atom. The first-order valence-electron chi connectivity index (χ1n) is 6.99. The first-order valence-corrected chi connectivity index (χ1v) is 6.99. The number of hydrogen-bond donors (Lipinski definition) is 2. The van der Waals surface area contributed by atoms with Crippen molar-refractivity contribution in [3.8, 4) is 5.75 Å². The third-order valence-corrected chi connectivity index (χ3v) is 3.65. The highest BCUT2D eigenvalue weighted by Gasteiger charge is 2.21. The van der Waals surface area contributed by atoms with E-state index in [0.717, 1.165) is 0 Å². The highest BCUT2D eigenvalue weighted by molar-refractivity contribution is 6.17. The van der Waals surface area contributed by atoms with Gasteiger partial charge in [-0.25, -0.2) is 4.79 Å². The topological polar surface area (TPSA) is 79.4 Å². The van der Waals surface area contributed by atoms with E-state index in [2.05, 4.69) is 4.98 Å². The number of H-pyrrole nitrogens is 1. The monoisotopic (exact) mass is 297 g/mol. The lowest BCUT2D eigenvalue weighted by atomic mass is 9.96. The number of aryl methyl sites for hydroxylation is 1. The van der Waals surface area contributed by atoms with Crippen LogP contribution in [-0.4, -0.2) is 22.7 Å². The van der Waals surface area contributed by atoms with Crippen molar-refractivity contribution in [2.75, 3.05) is 6.61 Å². The number of esters is 1. The number of ether oxygens (including phenoxy) is 1. The second-order valence-electron chi connectivity index (χ2n) is 5.06. The number of para-hydroxylation sites is 1. The Morgan fingerprint density at radius 2 is 2.00 bits per heavy atom. The van der Waals surface area contributed by atoms with E-state index in [1.54, 1.807) is 32.0 Å². The molecule has 2 N–H and O–H groups in total. The zero-order chi connectivity index (χ0) is 15.9. The van der Waals surface area contributed by atoms with Crippen molar-refractivity contribution in [3.05, 3.63) is 51.8 Å². The van der Waals surface area contributed by atoms with Crippen LogP contribution in [0.1, 0.15) is 22.8 Å². The molecular formula is C17H15NO4. The number of aromatic amines is 1. The maximum absolute atomic E-state index is 12.3. The van der Waals surface area contributed by atoms with E-state index in [1.807, 2.05) is 6.07 Å². The predicted octanol–water partition coefficient (Wildman–Crippen LogP) is 2.87. The predicted molar refractivity (Wildman–Crippen MR) is 84.4 cm³/mol. The average Bonchev–Trinajstić information content (AvgIpc) is 2.46. The molecule has 0 saturated heterocycles. The number of aromatic hydroxyl groups is 1. The van der Waals surface area contributed by atoms with Gasteiger partial charge in [0.25, 0.3) is 5.56 Å². The van der Waals surface area contributed by atoms with E-state index in [0.29, 0.717) is 27.4 Å². The number of hydrogen-bond acceptors (Lipinski definition) is 4. The number of carbonyl (C=O) groups excluding carboxylic acids is 1. The number of fused-ring (bicyclic) bond motifs is 3. The Morgan fingerprint density at radius 1 is 1.27 bits per heavy atom. The van der Waals surface area contributed by atoms with Gasteiger partial charge in [0.1, 0.15) is 5.75 Å². The highest BCUT2D eigenvalue weighted by atomic mass is 16.5. The quantitative estimate of drug-likeness (QED) is 0.563. The van der Waals surface area contributed by atoms with Crippen LogP contribution in [0.5, 0.6) is 5.75 Å². The molecule has 0 radical (unpaired) electrons. The molecule has 3 aromatic rings. The second-order valence-corrected chi connectivity index (χ2v) is 5.06. The maximum Gasteiger partial charge on any atom is 0.339 e. The number of aromatic nitrogens is 1. The number of rotatable bonds is 2. The molecule has 0 atom stereocenters. The van der Waals surface area contributed by atoms with E-state index < -0.39 is 11.5 Å². The lowest BCUT2D eigenvalue weighted by molar-refractivity contribution is 0.0528. The Kier molecular flexibility index (Phi) is 3.33. The van der Waals surface area contributed by atoms with Gasteiger partial charge in [-0.3, -0.25) is 4.79 Å². The molecule has 0 fully saturated rings. The first kappa shape index (κ1) is 14.1. The second kappa shape index (κ2) is 5.18. The van der Waals surface area contributed by atoms with Gasteiger partial charge in [-0.2, -0.15) is 0 Å². The molecule has 3 rings (SSSR count). The average molecular weight is 297 g/mol. The zero-order valence-corrected chi connectivity index (χ0v) is 12.3. The molecule has 0 saturated carbocycles. The summed E-state index contributed by atoms with van der Waals surface area (Å²) in [5.41, 5.74) is 1.06. The normalized spacial score (nSPS) is 11.0. The number of nitrogens with one attached hydrogen (secondary N) is 1. The van der Waals surface area contributed by atoms with Gasteiger partial charge in [-0.05, 0) is 31.5 Å². The lowest BCUT2D eigenvalue weighted by Crippen LogP contribution is -2.13. The summed E-state index contributed by atoms with van der Waals surface area (Å²) in [6.07, 6.45) is 0. The summed E-state index contributed by atoms with van der Waals surface area (Å²) in [5.74, 6) is -0.645. The van der Waals surface area contributed by atoms with Crippen LogP contribution >= 0.6 is 0 Å². The smallest absolute Gasteiger partial charge is 0.339 e. The van der Waals surface area contributed by atoms with Gasteiger partial charge in [-0.15, -0.1) is 0 Å². The van der Waals surface area contributed by atoms with Crippen molar-refractivity contribution < 1.29 is 14.6 Å². The fourth-order valence-electron chi connectivity index (χ4n) is 2.76. The standard InChI is InChI=1S/C17H15NO4/c1-3-22-17(21)13-9(2)8-12(19)15-14(13)10-6-4-5-7-11(10)18-16(15)20/h4-8,19H,3H2,1-2H3,(H,18,20). The molecule has 1 heterocycles. The summed E-state index contributed by atoms with van der Waals surface area (Å²) >= 11 is 0. The number of carbonyl (C=O) groups is 1. The van der Waals surface area contributed by atoms with Gasteiger partial charge in [0, 0.05) is 16.3 Å². The Hall–Kier alpha value is -2.82. The Labute approximate surface area is 126 Å². The Balaban J connectivity index is 2.59. The van der Waals surface area contributed by atoms with Crippen molar-refractivity contribution in [2.45, 2.75) is 13.8 Å². The van der Waals surface area contributed by atoms with Crippen LogP contribution in [0, 0.1) is 6.92 Å². The summed E-state index contributed by atoms with van der Waals surface area (Å²) in [5, 5.41) is 11.4. The van der Waals surface area contributed by atoms with Crippen LogP contribution in [0.4, 0.5) is 0 Å². The molecule has 0 bridgehead atoms. The minimum atomic E-state index is -0.499. The fourth-order valence-corrected chi connectivity index (χ4v) is 2.76. The summed E-state index contributed by atoms with van der Waals surface area (Å²) in [6, 6.07) is 8.58. The maximum atomic E-state index is 12.3. The van der Waals surface area contributed by atoms with E-state index in [-0.39, 0.29) is 17.7 Å². The van der Waals surface area contributed by atoms with Crippen molar-refractivity contribution in [1.29, 1.82) is 0 Å². The molecule has 5 nitrogen and oxygen atoms in total. The highest BCUT2D eigenvalue weighted by Crippen LogP contribution is 2.33. The summed E-state index contributed by atoms with van der Waals surface area (Å²) in [6.45, 7) is 3.67. The van der Waals surface area contributed by atoms with Gasteiger partial charge in [0.05, 0.1) is 17.6 Å². The SMILES string of the molecule is CCOC(=O)c1c(C)cc(O)c2c(=O)[nH]c3ccccc3c12. The molecule has 0 aliphatic rings. The van der Waals surface area contributed by atoms with Crippen molar-refractivity contribution in [2.24, 2.45) is 0 Å². The van der Waals surface area contributed by atoms with Crippen molar-refractivity contribution >= 4 is 27.6 Å². The van der Waals surface area contributed by atoms with E-state index in [1.165, 1.54) is 6.07 Å². The molecule has 0 aliphatic heterocycles. The van der Waals surface area contributed by atoms with Gasteiger partial charge < -0.3 is 14.8 Å². The van der Waals surface area contributed by atoms with Gasteiger partial charge >= 0.3 is 5.97 Å². The van der Waals surface area contributed by atoms with Crippen LogP contribution in [0.25, 0.3) is 21.7 Å². The van der Waals surface area contributed by atoms with E-state index in [9.17, 15) is 14.7 Å². The minimum absolute atomic E-state index is 0.104. The summed E-state index contributed by atoms with van der Waals surface area (Å²) in [7, 11) is 0. The third kappa shape index (κ3) is 2.02. The fraction of sp³-hybridized carbons (Fsp3) is 0.176. The molecule has 5 heteroatoms. The van der Waals surface area contributed by atoms with E-state index >= 15 is 0 Å². The van der Waals surface area contributed by atoms with Gasteiger partial charge in [0.2, 0.25) is 0 Å². The van der Waals surface area contributed by atoms with Crippen LogP contribution in [-0.2, 0) is 4.74 Å².